The number of aromatic amines is 1. The standard InChI is InChI=1S/C17H17FN4O/c1-21(2)11-14-4-3-12(9-15(14)18)13-5-6-16(20-10-13)22-8-7-19-17(22)23/h3-10H,11H2,1-2H3,(H,19,23). The Hall–Kier alpha value is -2.73. The number of imidazole rings is 1. The van der Waals surface area contributed by atoms with E-state index in [4.69, 9.17) is 0 Å². The third kappa shape index (κ3) is 3.22. The lowest BCUT2D eigenvalue weighted by Gasteiger charge is -2.11. The summed E-state index contributed by atoms with van der Waals surface area (Å²) in [6.45, 7) is 0.555. The second-order valence-electron chi connectivity index (χ2n) is 5.58. The number of nitrogens with zero attached hydrogens (tertiary/aromatic N) is 3. The largest absolute Gasteiger partial charge is 0.331 e. The molecule has 0 atom stereocenters. The molecule has 0 fully saturated rings. The molecular formula is C17H17FN4O. The molecule has 6 heteroatoms. The van der Waals surface area contributed by atoms with E-state index in [1.165, 1.54) is 10.6 Å². The second-order valence-corrected chi connectivity index (χ2v) is 5.58. The molecule has 0 radical (unpaired) electrons. The van der Waals surface area contributed by atoms with Crippen LogP contribution in [-0.2, 0) is 6.54 Å². The zero-order valence-electron chi connectivity index (χ0n) is 13.0. The number of nitrogens with one attached hydrogen (secondary N) is 1. The van der Waals surface area contributed by atoms with Crippen LogP contribution in [0.2, 0.25) is 0 Å². The molecule has 3 aromatic rings. The van der Waals surface area contributed by atoms with Gasteiger partial charge < -0.3 is 9.88 Å². The number of aromatic nitrogens is 3. The molecule has 0 aliphatic rings. The zero-order valence-corrected chi connectivity index (χ0v) is 13.0. The van der Waals surface area contributed by atoms with Crippen LogP contribution in [0.5, 0.6) is 0 Å². The van der Waals surface area contributed by atoms with Gasteiger partial charge in [0.1, 0.15) is 11.6 Å². The summed E-state index contributed by atoms with van der Waals surface area (Å²) < 4.78 is 15.6. The molecule has 2 heterocycles. The van der Waals surface area contributed by atoms with Gasteiger partial charge in [-0.25, -0.2) is 14.2 Å². The highest BCUT2D eigenvalue weighted by Gasteiger charge is 2.07. The van der Waals surface area contributed by atoms with Crippen LogP contribution in [0.15, 0.2) is 53.7 Å². The van der Waals surface area contributed by atoms with Crippen LogP contribution >= 0.6 is 0 Å². The third-order valence-corrected chi connectivity index (χ3v) is 3.52. The van der Waals surface area contributed by atoms with Gasteiger partial charge in [0.15, 0.2) is 0 Å². The van der Waals surface area contributed by atoms with Crippen LogP contribution in [0.1, 0.15) is 5.56 Å². The third-order valence-electron chi connectivity index (χ3n) is 3.52. The fourth-order valence-electron chi connectivity index (χ4n) is 2.40. The minimum Gasteiger partial charge on any atom is -0.312 e. The monoisotopic (exact) mass is 312 g/mol. The Labute approximate surface area is 133 Å². The maximum Gasteiger partial charge on any atom is 0.331 e. The lowest BCUT2D eigenvalue weighted by molar-refractivity contribution is 0.392. The van der Waals surface area contributed by atoms with Gasteiger partial charge in [-0.2, -0.15) is 0 Å². The van der Waals surface area contributed by atoms with E-state index in [-0.39, 0.29) is 11.5 Å². The molecule has 5 nitrogen and oxygen atoms in total. The van der Waals surface area contributed by atoms with Crippen molar-refractivity contribution in [3.05, 3.63) is 70.8 Å². The van der Waals surface area contributed by atoms with Crippen LogP contribution in [0.3, 0.4) is 0 Å². The van der Waals surface area contributed by atoms with Gasteiger partial charge >= 0.3 is 5.69 Å². The average Bonchev–Trinajstić information content (AvgIpc) is 2.95. The van der Waals surface area contributed by atoms with Crippen molar-refractivity contribution in [2.75, 3.05) is 14.1 Å². The summed E-state index contributed by atoms with van der Waals surface area (Å²) in [6, 6.07) is 8.73. The van der Waals surface area contributed by atoms with Crippen molar-refractivity contribution < 1.29 is 4.39 Å². The van der Waals surface area contributed by atoms with Gasteiger partial charge in [-0.3, -0.25) is 4.57 Å². The Morgan fingerprint density at radius 3 is 2.57 bits per heavy atom. The first-order valence-electron chi connectivity index (χ1n) is 7.20. The van der Waals surface area contributed by atoms with Crippen LogP contribution in [0.4, 0.5) is 4.39 Å². The van der Waals surface area contributed by atoms with E-state index in [0.717, 1.165) is 11.1 Å². The second kappa shape index (κ2) is 6.18. The van der Waals surface area contributed by atoms with E-state index in [9.17, 15) is 9.18 Å². The predicted octanol–water partition coefficient (Wildman–Crippen LogP) is 2.43. The van der Waals surface area contributed by atoms with Gasteiger partial charge in [-0.1, -0.05) is 12.1 Å². The molecule has 3 rings (SSSR count). The van der Waals surface area contributed by atoms with Gasteiger partial charge in [0.2, 0.25) is 0 Å². The first-order valence-corrected chi connectivity index (χ1v) is 7.20. The molecule has 0 spiro atoms. The van der Waals surface area contributed by atoms with Crippen LogP contribution in [-0.4, -0.2) is 33.5 Å². The van der Waals surface area contributed by atoms with E-state index < -0.39 is 0 Å². The summed E-state index contributed by atoms with van der Waals surface area (Å²) in [4.78, 5) is 20.3. The van der Waals surface area contributed by atoms with Gasteiger partial charge in [0.05, 0.1) is 0 Å². The van der Waals surface area contributed by atoms with Crippen molar-refractivity contribution >= 4 is 0 Å². The molecule has 0 saturated carbocycles. The summed E-state index contributed by atoms with van der Waals surface area (Å²) in [5.41, 5.74) is 1.96. The summed E-state index contributed by atoms with van der Waals surface area (Å²) in [6.07, 6.45) is 4.80. The van der Waals surface area contributed by atoms with Crippen LogP contribution in [0, 0.1) is 5.82 Å². The number of halogens is 1. The Balaban J connectivity index is 1.89. The SMILES string of the molecule is CN(C)Cc1ccc(-c2ccc(-n3cc[nH]c3=O)nc2)cc1F. The maximum atomic E-state index is 14.2. The molecule has 0 saturated heterocycles. The van der Waals surface area contributed by atoms with Crippen molar-refractivity contribution in [1.82, 2.24) is 19.4 Å². The molecule has 23 heavy (non-hydrogen) atoms. The van der Waals surface area contributed by atoms with Crippen molar-refractivity contribution in [3.8, 4) is 16.9 Å². The normalized spacial score (nSPS) is 11.1. The summed E-state index contributed by atoms with van der Waals surface area (Å²) in [5.74, 6) is 0.284. The van der Waals surface area contributed by atoms with E-state index in [1.807, 2.05) is 31.1 Å². The van der Waals surface area contributed by atoms with Crippen LogP contribution in [0.25, 0.3) is 16.9 Å². The van der Waals surface area contributed by atoms with Gasteiger partial charge in [0.25, 0.3) is 0 Å². The van der Waals surface area contributed by atoms with E-state index in [0.29, 0.717) is 17.9 Å². The Morgan fingerprint density at radius 2 is 2.00 bits per heavy atom. The van der Waals surface area contributed by atoms with Crippen molar-refractivity contribution in [1.29, 1.82) is 0 Å². The number of hydrogen-bond donors (Lipinski definition) is 1. The number of pyridine rings is 1. The molecule has 1 N–H and O–H groups in total. The molecule has 1 aromatic carbocycles. The molecule has 118 valence electrons. The van der Waals surface area contributed by atoms with E-state index >= 15 is 0 Å². The molecule has 0 bridgehead atoms. The summed E-state index contributed by atoms with van der Waals surface area (Å²) >= 11 is 0. The highest BCUT2D eigenvalue weighted by atomic mass is 19.1. The maximum absolute atomic E-state index is 14.2. The minimum atomic E-state index is -0.246. The Bertz CT molecular complexity index is 865. The highest BCUT2D eigenvalue weighted by molar-refractivity contribution is 5.63. The predicted molar refractivity (Wildman–Crippen MR) is 87.0 cm³/mol. The first-order chi connectivity index (χ1) is 11.0. The fourth-order valence-corrected chi connectivity index (χ4v) is 2.40. The molecule has 0 aliphatic heterocycles. The topological polar surface area (TPSA) is 53.9 Å². The fraction of sp³-hybridized carbons (Fsp3) is 0.176. The van der Waals surface area contributed by atoms with Crippen molar-refractivity contribution in [2.24, 2.45) is 0 Å². The first kappa shape index (κ1) is 15.2. The van der Waals surface area contributed by atoms with Crippen molar-refractivity contribution in [2.45, 2.75) is 6.54 Å². The van der Waals surface area contributed by atoms with E-state index in [1.54, 1.807) is 30.7 Å². The average molecular weight is 312 g/mol. The van der Waals surface area contributed by atoms with Gasteiger partial charge in [0, 0.05) is 36.3 Å². The molecule has 2 aromatic heterocycles. The number of rotatable bonds is 4. The van der Waals surface area contributed by atoms with Gasteiger partial charge in [-0.15, -0.1) is 0 Å². The number of benzene rings is 1. The molecule has 0 unspecified atom stereocenters. The number of H-pyrrole nitrogens is 1. The number of hydrogen-bond acceptors (Lipinski definition) is 3. The smallest absolute Gasteiger partial charge is 0.312 e. The van der Waals surface area contributed by atoms with Crippen LogP contribution < -0.4 is 5.69 Å². The van der Waals surface area contributed by atoms with Gasteiger partial charge in [-0.05, 0) is 37.9 Å². The Kier molecular flexibility index (Phi) is 4.08. The molecule has 0 amide bonds. The lowest BCUT2D eigenvalue weighted by Crippen LogP contribution is -2.15. The summed E-state index contributed by atoms with van der Waals surface area (Å²) in [5, 5.41) is 0. The zero-order chi connectivity index (χ0) is 16.4. The minimum absolute atomic E-state index is 0.234. The molecular weight excluding hydrogens is 295 g/mol. The quantitative estimate of drug-likeness (QED) is 0.805. The van der Waals surface area contributed by atoms with Crippen molar-refractivity contribution in [3.63, 3.8) is 0 Å². The summed E-state index contributed by atoms with van der Waals surface area (Å²) in [7, 11) is 3.80. The molecule has 0 aliphatic carbocycles. The van der Waals surface area contributed by atoms with E-state index in [2.05, 4.69) is 9.97 Å². The lowest BCUT2D eigenvalue weighted by atomic mass is 10.0. The Morgan fingerprint density at radius 1 is 1.22 bits per heavy atom. The highest BCUT2D eigenvalue weighted by Crippen LogP contribution is 2.22.